The van der Waals surface area contributed by atoms with Crippen LogP contribution in [0.4, 0.5) is 0 Å². The predicted molar refractivity (Wildman–Crippen MR) is 95.2 cm³/mol. The summed E-state index contributed by atoms with van der Waals surface area (Å²) in [5.74, 6) is 0.535. The molecule has 0 bridgehead atoms. The highest BCUT2D eigenvalue weighted by Crippen LogP contribution is 2.27. The number of hydrogen-bond acceptors (Lipinski definition) is 4. The van der Waals surface area contributed by atoms with Gasteiger partial charge in [-0.05, 0) is 44.2 Å². The zero-order valence-electron chi connectivity index (χ0n) is 14.5. The first-order valence-corrected chi connectivity index (χ1v) is 8.02. The second-order valence-electron chi connectivity index (χ2n) is 5.73. The minimum absolute atomic E-state index is 0.398. The van der Waals surface area contributed by atoms with E-state index in [0.29, 0.717) is 23.6 Å². The SMILES string of the molecule is COc1ccccc1OC(=O)c1cc(C)n(Cc2ccccn2)c1C. The molecule has 0 aliphatic heterocycles. The van der Waals surface area contributed by atoms with E-state index < -0.39 is 5.97 Å². The van der Waals surface area contributed by atoms with Crippen LogP contribution in [0.5, 0.6) is 11.5 Å². The molecule has 2 aromatic heterocycles. The van der Waals surface area contributed by atoms with Gasteiger partial charge in [0, 0.05) is 17.6 Å². The molecule has 3 rings (SSSR count). The minimum Gasteiger partial charge on any atom is -0.493 e. The van der Waals surface area contributed by atoms with Crippen LogP contribution in [-0.2, 0) is 6.54 Å². The van der Waals surface area contributed by atoms with Gasteiger partial charge in [0.25, 0.3) is 0 Å². The van der Waals surface area contributed by atoms with Crippen molar-refractivity contribution in [1.29, 1.82) is 0 Å². The zero-order chi connectivity index (χ0) is 17.8. The number of methoxy groups -OCH3 is 1. The molecule has 3 aromatic rings. The summed E-state index contributed by atoms with van der Waals surface area (Å²) in [5, 5.41) is 0. The van der Waals surface area contributed by atoms with Crippen molar-refractivity contribution in [2.24, 2.45) is 0 Å². The number of aromatic nitrogens is 2. The lowest BCUT2D eigenvalue weighted by atomic mass is 10.2. The molecule has 128 valence electrons. The summed E-state index contributed by atoms with van der Waals surface area (Å²) in [6.45, 7) is 4.49. The van der Waals surface area contributed by atoms with Gasteiger partial charge in [-0.3, -0.25) is 4.98 Å². The third kappa shape index (κ3) is 3.55. The van der Waals surface area contributed by atoms with Crippen molar-refractivity contribution < 1.29 is 14.3 Å². The number of esters is 1. The monoisotopic (exact) mass is 336 g/mol. The molecule has 0 atom stereocenters. The van der Waals surface area contributed by atoms with Crippen LogP contribution < -0.4 is 9.47 Å². The molecule has 2 heterocycles. The summed E-state index contributed by atoms with van der Waals surface area (Å²) < 4.78 is 12.8. The number of para-hydroxylation sites is 2. The zero-order valence-corrected chi connectivity index (χ0v) is 14.5. The van der Waals surface area contributed by atoms with Gasteiger partial charge in [-0.2, -0.15) is 0 Å². The molecular formula is C20H20N2O3. The number of carbonyl (C=O) groups excluding carboxylic acids is 1. The van der Waals surface area contributed by atoms with Gasteiger partial charge >= 0.3 is 5.97 Å². The van der Waals surface area contributed by atoms with Crippen molar-refractivity contribution in [3.05, 3.63) is 77.4 Å². The second kappa shape index (κ2) is 7.21. The molecule has 0 N–H and O–H groups in total. The first-order chi connectivity index (χ1) is 12.1. The molecule has 0 saturated carbocycles. The normalized spacial score (nSPS) is 10.5. The fourth-order valence-electron chi connectivity index (χ4n) is 2.76. The molecule has 0 radical (unpaired) electrons. The Kier molecular flexibility index (Phi) is 4.84. The maximum absolute atomic E-state index is 12.6. The van der Waals surface area contributed by atoms with Gasteiger partial charge in [-0.1, -0.05) is 18.2 Å². The molecule has 0 amide bonds. The number of aryl methyl sites for hydroxylation is 1. The van der Waals surface area contributed by atoms with Crippen LogP contribution in [-0.4, -0.2) is 22.6 Å². The highest BCUT2D eigenvalue weighted by molar-refractivity contribution is 5.93. The Bertz CT molecular complexity index is 885. The lowest BCUT2D eigenvalue weighted by molar-refractivity contribution is 0.0729. The summed E-state index contributed by atoms with van der Waals surface area (Å²) in [6, 6.07) is 14.7. The Hall–Kier alpha value is -3.08. The molecule has 5 nitrogen and oxygen atoms in total. The Morgan fingerprint density at radius 3 is 2.48 bits per heavy atom. The fraction of sp³-hybridized carbons (Fsp3) is 0.200. The lowest BCUT2D eigenvalue weighted by Crippen LogP contribution is -2.11. The number of nitrogens with zero attached hydrogens (tertiary/aromatic N) is 2. The summed E-state index contributed by atoms with van der Waals surface area (Å²) in [4.78, 5) is 17.0. The average Bonchev–Trinajstić information content (AvgIpc) is 2.91. The molecule has 25 heavy (non-hydrogen) atoms. The highest BCUT2D eigenvalue weighted by atomic mass is 16.6. The quantitative estimate of drug-likeness (QED) is 0.526. The largest absolute Gasteiger partial charge is 0.493 e. The molecule has 0 aliphatic carbocycles. The van der Waals surface area contributed by atoms with Gasteiger partial charge in [-0.25, -0.2) is 4.79 Å². The maximum atomic E-state index is 12.6. The topological polar surface area (TPSA) is 53.4 Å². The van der Waals surface area contributed by atoms with Crippen molar-refractivity contribution >= 4 is 5.97 Å². The summed E-state index contributed by atoms with van der Waals surface area (Å²) in [5.41, 5.74) is 3.31. The van der Waals surface area contributed by atoms with Crippen LogP contribution in [0.25, 0.3) is 0 Å². The van der Waals surface area contributed by atoms with Gasteiger partial charge in [-0.15, -0.1) is 0 Å². The van der Waals surface area contributed by atoms with Crippen LogP contribution in [0.1, 0.15) is 27.4 Å². The minimum atomic E-state index is -0.398. The van der Waals surface area contributed by atoms with Gasteiger partial charge < -0.3 is 14.0 Å². The van der Waals surface area contributed by atoms with E-state index >= 15 is 0 Å². The Balaban J connectivity index is 1.85. The van der Waals surface area contributed by atoms with Crippen molar-refractivity contribution in [2.75, 3.05) is 7.11 Å². The van der Waals surface area contributed by atoms with Crippen LogP contribution in [0.3, 0.4) is 0 Å². The van der Waals surface area contributed by atoms with Crippen LogP contribution in [0, 0.1) is 13.8 Å². The molecule has 0 saturated heterocycles. The molecule has 0 unspecified atom stereocenters. The molecule has 0 spiro atoms. The van der Waals surface area contributed by atoms with E-state index in [9.17, 15) is 4.79 Å². The van der Waals surface area contributed by atoms with Crippen molar-refractivity contribution in [1.82, 2.24) is 9.55 Å². The standard InChI is InChI=1S/C20H20N2O3/c1-14-12-17(15(2)22(14)13-16-8-6-7-11-21-16)20(23)25-19-10-5-4-9-18(19)24-3/h4-12H,13H2,1-3H3. The number of ether oxygens (including phenoxy) is 2. The number of rotatable bonds is 5. The number of hydrogen-bond donors (Lipinski definition) is 0. The van der Waals surface area contributed by atoms with Gasteiger partial charge in [0.1, 0.15) is 0 Å². The Morgan fingerprint density at radius 1 is 1.08 bits per heavy atom. The van der Waals surface area contributed by atoms with E-state index in [4.69, 9.17) is 9.47 Å². The lowest BCUT2D eigenvalue weighted by Gasteiger charge is -2.10. The summed E-state index contributed by atoms with van der Waals surface area (Å²) >= 11 is 0. The maximum Gasteiger partial charge on any atom is 0.345 e. The number of carbonyl (C=O) groups is 1. The first-order valence-electron chi connectivity index (χ1n) is 8.02. The van der Waals surface area contributed by atoms with E-state index in [1.54, 1.807) is 31.5 Å². The molecule has 0 fully saturated rings. The van der Waals surface area contributed by atoms with E-state index in [0.717, 1.165) is 17.1 Å². The number of pyridine rings is 1. The van der Waals surface area contributed by atoms with Gasteiger partial charge in [0.15, 0.2) is 11.5 Å². The first kappa shape index (κ1) is 16.8. The van der Waals surface area contributed by atoms with Gasteiger partial charge in [0.2, 0.25) is 0 Å². The molecule has 0 aliphatic rings. The van der Waals surface area contributed by atoms with E-state index in [1.165, 1.54) is 0 Å². The second-order valence-corrected chi connectivity index (χ2v) is 5.73. The Labute approximate surface area is 146 Å². The summed E-state index contributed by atoms with van der Waals surface area (Å²) in [6.07, 6.45) is 1.76. The predicted octanol–water partition coefficient (Wildman–Crippen LogP) is 3.78. The third-order valence-corrected chi connectivity index (χ3v) is 4.11. The highest BCUT2D eigenvalue weighted by Gasteiger charge is 2.19. The summed E-state index contributed by atoms with van der Waals surface area (Å²) in [7, 11) is 1.55. The van der Waals surface area contributed by atoms with E-state index in [2.05, 4.69) is 9.55 Å². The van der Waals surface area contributed by atoms with Crippen LogP contribution >= 0.6 is 0 Å². The van der Waals surface area contributed by atoms with Crippen LogP contribution in [0.2, 0.25) is 0 Å². The molecule has 5 heteroatoms. The average molecular weight is 336 g/mol. The molecular weight excluding hydrogens is 316 g/mol. The van der Waals surface area contributed by atoms with Crippen molar-refractivity contribution in [2.45, 2.75) is 20.4 Å². The Morgan fingerprint density at radius 2 is 1.80 bits per heavy atom. The van der Waals surface area contributed by atoms with E-state index in [1.807, 2.05) is 44.2 Å². The van der Waals surface area contributed by atoms with Crippen molar-refractivity contribution in [3.63, 3.8) is 0 Å². The van der Waals surface area contributed by atoms with E-state index in [-0.39, 0.29) is 0 Å². The van der Waals surface area contributed by atoms with Crippen LogP contribution in [0.15, 0.2) is 54.7 Å². The number of benzene rings is 1. The third-order valence-electron chi connectivity index (χ3n) is 4.11. The van der Waals surface area contributed by atoms with Crippen molar-refractivity contribution in [3.8, 4) is 11.5 Å². The van der Waals surface area contributed by atoms with Gasteiger partial charge in [0.05, 0.1) is 24.9 Å². The molecule has 1 aromatic carbocycles. The fourth-order valence-corrected chi connectivity index (χ4v) is 2.76. The smallest absolute Gasteiger partial charge is 0.345 e.